The smallest absolute Gasteiger partial charge is 0.149 e. The van der Waals surface area contributed by atoms with Crippen molar-refractivity contribution in [1.29, 1.82) is 0 Å². The lowest BCUT2D eigenvalue weighted by atomic mass is 10.3. The van der Waals surface area contributed by atoms with Gasteiger partial charge < -0.3 is 10.2 Å². The molecular formula is C15H18F2N4. The predicted octanol–water partition coefficient (Wildman–Crippen LogP) is 3.73. The highest BCUT2D eigenvalue weighted by Crippen LogP contribution is 2.21. The Morgan fingerprint density at radius 1 is 1.19 bits per heavy atom. The van der Waals surface area contributed by atoms with Crippen molar-refractivity contribution < 1.29 is 8.78 Å². The molecule has 112 valence electrons. The molecule has 0 saturated heterocycles. The van der Waals surface area contributed by atoms with E-state index in [4.69, 9.17) is 0 Å². The lowest BCUT2D eigenvalue weighted by molar-refractivity contribution is 0.586. The van der Waals surface area contributed by atoms with Crippen LogP contribution in [0.2, 0.25) is 0 Å². The third-order valence-corrected chi connectivity index (χ3v) is 3.08. The van der Waals surface area contributed by atoms with E-state index in [1.54, 1.807) is 6.07 Å². The summed E-state index contributed by atoms with van der Waals surface area (Å²) in [5.41, 5.74) is 0.178. The molecule has 6 heteroatoms. The van der Waals surface area contributed by atoms with Crippen LogP contribution in [0.4, 0.5) is 26.1 Å². The van der Waals surface area contributed by atoms with Crippen molar-refractivity contribution in [2.45, 2.75) is 19.8 Å². The number of nitrogens with one attached hydrogen (secondary N) is 1. The number of nitrogens with zero attached hydrogens (tertiary/aromatic N) is 3. The van der Waals surface area contributed by atoms with Gasteiger partial charge in [0.05, 0.1) is 5.69 Å². The first kappa shape index (κ1) is 15.2. The Morgan fingerprint density at radius 3 is 2.71 bits per heavy atom. The van der Waals surface area contributed by atoms with Crippen molar-refractivity contribution in [3.63, 3.8) is 0 Å². The fraction of sp³-hybridized carbons (Fsp3) is 0.333. The molecule has 0 aliphatic heterocycles. The van der Waals surface area contributed by atoms with Gasteiger partial charge in [-0.05, 0) is 18.6 Å². The van der Waals surface area contributed by atoms with Gasteiger partial charge in [0.2, 0.25) is 0 Å². The van der Waals surface area contributed by atoms with Gasteiger partial charge in [-0.15, -0.1) is 0 Å². The van der Waals surface area contributed by atoms with Crippen molar-refractivity contribution in [1.82, 2.24) is 9.97 Å². The summed E-state index contributed by atoms with van der Waals surface area (Å²) >= 11 is 0. The number of benzene rings is 1. The Labute approximate surface area is 122 Å². The minimum atomic E-state index is -0.658. The molecule has 0 unspecified atom stereocenters. The quantitative estimate of drug-likeness (QED) is 0.880. The number of rotatable bonds is 6. The number of aromatic nitrogens is 2. The van der Waals surface area contributed by atoms with E-state index in [2.05, 4.69) is 22.2 Å². The van der Waals surface area contributed by atoms with E-state index in [0.29, 0.717) is 5.82 Å². The first-order valence-electron chi connectivity index (χ1n) is 6.85. The maximum absolute atomic E-state index is 13.6. The van der Waals surface area contributed by atoms with E-state index < -0.39 is 11.6 Å². The zero-order chi connectivity index (χ0) is 15.2. The van der Waals surface area contributed by atoms with E-state index in [1.807, 2.05) is 11.9 Å². The zero-order valence-electron chi connectivity index (χ0n) is 12.1. The van der Waals surface area contributed by atoms with Gasteiger partial charge in [-0.1, -0.05) is 13.3 Å². The molecule has 1 N–H and O–H groups in total. The highest BCUT2D eigenvalue weighted by atomic mass is 19.1. The normalized spacial score (nSPS) is 10.5. The summed E-state index contributed by atoms with van der Waals surface area (Å²) in [4.78, 5) is 10.3. The molecule has 1 aromatic heterocycles. The Hall–Kier alpha value is -2.24. The van der Waals surface area contributed by atoms with Gasteiger partial charge >= 0.3 is 0 Å². The Balaban J connectivity index is 2.13. The molecule has 0 saturated carbocycles. The summed E-state index contributed by atoms with van der Waals surface area (Å²) in [6, 6.07) is 5.10. The topological polar surface area (TPSA) is 41.0 Å². The summed E-state index contributed by atoms with van der Waals surface area (Å²) in [6.07, 6.45) is 3.58. The molecule has 2 rings (SSSR count). The second kappa shape index (κ2) is 6.97. The molecule has 0 amide bonds. The second-order valence-electron chi connectivity index (χ2n) is 4.79. The van der Waals surface area contributed by atoms with Crippen molar-refractivity contribution in [2.24, 2.45) is 0 Å². The monoisotopic (exact) mass is 292 g/mol. The van der Waals surface area contributed by atoms with Crippen molar-refractivity contribution >= 4 is 17.3 Å². The van der Waals surface area contributed by atoms with Gasteiger partial charge in [-0.2, -0.15) is 0 Å². The molecule has 0 bridgehead atoms. The average Bonchev–Trinajstić information content (AvgIpc) is 2.48. The minimum absolute atomic E-state index is 0.178. The van der Waals surface area contributed by atoms with Crippen LogP contribution in [-0.2, 0) is 0 Å². The maximum Gasteiger partial charge on any atom is 0.149 e. The Bertz CT molecular complexity index is 604. The molecular weight excluding hydrogens is 274 g/mol. The molecule has 1 heterocycles. The SMILES string of the molecule is CCCCN(C)c1cc(Nc2ccc(F)cc2F)ncn1. The van der Waals surface area contributed by atoms with Crippen LogP contribution in [0.1, 0.15) is 19.8 Å². The number of hydrogen-bond acceptors (Lipinski definition) is 4. The Morgan fingerprint density at radius 2 is 2.00 bits per heavy atom. The van der Waals surface area contributed by atoms with Gasteiger partial charge in [0, 0.05) is 25.7 Å². The van der Waals surface area contributed by atoms with Crippen LogP contribution < -0.4 is 10.2 Å². The third-order valence-electron chi connectivity index (χ3n) is 3.08. The zero-order valence-corrected chi connectivity index (χ0v) is 12.1. The van der Waals surface area contributed by atoms with Gasteiger partial charge in [0.15, 0.2) is 0 Å². The number of halogens is 2. The van der Waals surface area contributed by atoms with E-state index in [-0.39, 0.29) is 5.69 Å². The molecule has 0 aliphatic rings. The molecule has 0 radical (unpaired) electrons. The van der Waals surface area contributed by atoms with Crippen molar-refractivity contribution in [3.05, 3.63) is 42.2 Å². The summed E-state index contributed by atoms with van der Waals surface area (Å²) in [6.45, 7) is 3.01. The van der Waals surface area contributed by atoms with Crippen LogP contribution in [0.3, 0.4) is 0 Å². The van der Waals surface area contributed by atoms with Crippen LogP contribution in [0.15, 0.2) is 30.6 Å². The summed E-state index contributed by atoms with van der Waals surface area (Å²) in [5, 5.41) is 2.83. The fourth-order valence-electron chi connectivity index (χ4n) is 1.86. The number of hydrogen-bond donors (Lipinski definition) is 1. The van der Waals surface area contributed by atoms with Crippen LogP contribution in [-0.4, -0.2) is 23.6 Å². The third kappa shape index (κ3) is 4.11. The number of unbranched alkanes of at least 4 members (excludes halogenated alkanes) is 1. The fourth-order valence-corrected chi connectivity index (χ4v) is 1.86. The second-order valence-corrected chi connectivity index (χ2v) is 4.79. The molecule has 4 nitrogen and oxygen atoms in total. The Kier molecular flexibility index (Phi) is 5.03. The summed E-state index contributed by atoms with van der Waals surface area (Å²) in [5.74, 6) is -0.0486. The van der Waals surface area contributed by atoms with Crippen LogP contribution in [0.25, 0.3) is 0 Å². The highest BCUT2D eigenvalue weighted by molar-refractivity contribution is 5.59. The van der Waals surface area contributed by atoms with Crippen molar-refractivity contribution in [3.8, 4) is 0 Å². The molecule has 21 heavy (non-hydrogen) atoms. The van der Waals surface area contributed by atoms with Crippen LogP contribution in [0.5, 0.6) is 0 Å². The van der Waals surface area contributed by atoms with Gasteiger partial charge in [-0.3, -0.25) is 0 Å². The van der Waals surface area contributed by atoms with E-state index in [1.165, 1.54) is 18.5 Å². The summed E-state index contributed by atoms with van der Waals surface area (Å²) < 4.78 is 26.5. The predicted molar refractivity (Wildman–Crippen MR) is 79.9 cm³/mol. The van der Waals surface area contributed by atoms with E-state index in [9.17, 15) is 8.78 Å². The molecule has 2 aromatic rings. The van der Waals surface area contributed by atoms with Gasteiger partial charge in [-0.25, -0.2) is 18.7 Å². The molecule has 0 spiro atoms. The lowest BCUT2D eigenvalue weighted by Gasteiger charge is -2.18. The minimum Gasteiger partial charge on any atom is -0.360 e. The van der Waals surface area contributed by atoms with E-state index >= 15 is 0 Å². The molecule has 0 fully saturated rings. The first-order chi connectivity index (χ1) is 10.1. The first-order valence-corrected chi connectivity index (χ1v) is 6.85. The average molecular weight is 292 g/mol. The lowest BCUT2D eigenvalue weighted by Crippen LogP contribution is -2.19. The summed E-state index contributed by atoms with van der Waals surface area (Å²) in [7, 11) is 1.94. The number of anilines is 3. The highest BCUT2D eigenvalue weighted by Gasteiger charge is 2.07. The van der Waals surface area contributed by atoms with Crippen LogP contribution >= 0.6 is 0 Å². The van der Waals surface area contributed by atoms with Gasteiger partial charge in [0.25, 0.3) is 0 Å². The molecule has 0 aliphatic carbocycles. The standard InChI is InChI=1S/C15H18F2N4/c1-3-4-7-21(2)15-9-14(18-10-19-15)20-13-6-5-11(16)8-12(13)17/h5-6,8-10H,3-4,7H2,1-2H3,(H,18,19,20). The van der Waals surface area contributed by atoms with Gasteiger partial charge in [0.1, 0.15) is 29.6 Å². The molecule has 1 aromatic carbocycles. The van der Waals surface area contributed by atoms with Crippen LogP contribution in [0, 0.1) is 11.6 Å². The van der Waals surface area contributed by atoms with E-state index in [0.717, 1.165) is 31.3 Å². The largest absolute Gasteiger partial charge is 0.360 e. The van der Waals surface area contributed by atoms with Crippen molar-refractivity contribution in [2.75, 3.05) is 23.8 Å². The molecule has 0 atom stereocenters. The maximum atomic E-state index is 13.6.